The van der Waals surface area contributed by atoms with Gasteiger partial charge < -0.3 is 20.3 Å². The first kappa shape index (κ1) is 13.9. The van der Waals surface area contributed by atoms with Gasteiger partial charge in [-0.2, -0.15) is 0 Å². The number of nitrogens with zero attached hydrogens (tertiary/aromatic N) is 3. The Kier molecular flexibility index (Phi) is 4.40. The quantitative estimate of drug-likeness (QED) is 0.515. The van der Waals surface area contributed by atoms with Crippen molar-refractivity contribution in [3.8, 4) is 0 Å². The van der Waals surface area contributed by atoms with Crippen molar-refractivity contribution >= 4 is 11.6 Å². The zero-order valence-electron chi connectivity index (χ0n) is 12.2. The minimum absolute atomic E-state index is 0.617. The van der Waals surface area contributed by atoms with E-state index in [0.29, 0.717) is 12.5 Å². The lowest BCUT2D eigenvalue weighted by atomic mass is 10.2. The van der Waals surface area contributed by atoms with E-state index in [4.69, 9.17) is 10.5 Å². The first-order valence-electron chi connectivity index (χ1n) is 7.44. The average Bonchev–Trinajstić information content (AvgIpc) is 3.08. The highest BCUT2D eigenvalue weighted by atomic mass is 16.5. The van der Waals surface area contributed by atoms with E-state index >= 15 is 0 Å². The highest BCUT2D eigenvalue weighted by Gasteiger charge is 2.12. The summed E-state index contributed by atoms with van der Waals surface area (Å²) in [5, 5.41) is 0. The van der Waals surface area contributed by atoms with E-state index in [2.05, 4.69) is 51.2 Å². The van der Waals surface area contributed by atoms with E-state index in [1.807, 2.05) is 0 Å². The molecule has 5 nitrogen and oxygen atoms in total. The molecular weight excluding hydrogens is 264 g/mol. The second kappa shape index (κ2) is 6.63. The summed E-state index contributed by atoms with van der Waals surface area (Å²) < 4.78 is 5.32. The Balaban J connectivity index is 1.62. The summed E-state index contributed by atoms with van der Waals surface area (Å²) in [5.74, 6) is 0.617. The van der Waals surface area contributed by atoms with Crippen LogP contribution < -0.4 is 10.6 Å². The van der Waals surface area contributed by atoms with E-state index in [1.54, 1.807) is 0 Å². The van der Waals surface area contributed by atoms with Gasteiger partial charge in [-0.05, 0) is 17.7 Å². The van der Waals surface area contributed by atoms with Gasteiger partial charge in [0.2, 0.25) is 0 Å². The van der Waals surface area contributed by atoms with Gasteiger partial charge in [0.25, 0.3) is 0 Å². The molecule has 21 heavy (non-hydrogen) atoms. The van der Waals surface area contributed by atoms with Crippen LogP contribution in [0.4, 0.5) is 5.69 Å². The van der Waals surface area contributed by atoms with Crippen LogP contribution in [-0.2, 0) is 11.3 Å². The number of benzene rings is 1. The third-order valence-electron chi connectivity index (χ3n) is 3.85. The highest BCUT2D eigenvalue weighted by Crippen LogP contribution is 2.19. The van der Waals surface area contributed by atoms with Gasteiger partial charge in [-0.3, -0.25) is 0 Å². The third-order valence-corrected chi connectivity index (χ3v) is 3.85. The third kappa shape index (κ3) is 3.55. The lowest BCUT2D eigenvalue weighted by Gasteiger charge is -2.27. The molecule has 2 aliphatic heterocycles. The molecule has 1 aromatic carbocycles. The molecule has 0 aromatic heterocycles. The topological polar surface area (TPSA) is 54.1 Å². The monoisotopic (exact) mass is 286 g/mol. The van der Waals surface area contributed by atoms with Crippen LogP contribution in [0.1, 0.15) is 5.56 Å². The van der Waals surface area contributed by atoms with Crippen LogP contribution in [0.15, 0.2) is 41.4 Å². The number of hydrogen-bond acceptors (Lipinski definition) is 3. The van der Waals surface area contributed by atoms with Crippen molar-refractivity contribution in [1.82, 2.24) is 4.90 Å². The molecule has 0 bridgehead atoms. The molecule has 2 aliphatic rings. The van der Waals surface area contributed by atoms with Crippen molar-refractivity contribution in [1.29, 1.82) is 0 Å². The Morgan fingerprint density at radius 1 is 1.19 bits per heavy atom. The fraction of sp³-hybridized carbons (Fsp3) is 0.438. The van der Waals surface area contributed by atoms with Crippen molar-refractivity contribution in [2.24, 2.45) is 10.7 Å². The molecule has 0 saturated carbocycles. The number of nitrogens with two attached hydrogens (primary N) is 1. The van der Waals surface area contributed by atoms with E-state index in [1.165, 1.54) is 11.3 Å². The van der Waals surface area contributed by atoms with Gasteiger partial charge >= 0.3 is 0 Å². The van der Waals surface area contributed by atoms with E-state index in [0.717, 1.165) is 39.4 Å². The maximum absolute atomic E-state index is 6.06. The number of aliphatic imine (C=N–C) groups is 1. The van der Waals surface area contributed by atoms with Crippen molar-refractivity contribution in [3.05, 3.63) is 42.0 Å². The minimum Gasteiger partial charge on any atom is -0.378 e. The SMILES string of the molecule is NC(=NCc1cccc(N2CC=CC2)c1)N1CCOCC1. The van der Waals surface area contributed by atoms with Gasteiger partial charge in [-0.15, -0.1) is 0 Å². The van der Waals surface area contributed by atoms with E-state index < -0.39 is 0 Å². The Labute approximate surface area is 125 Å². The maximum Gasteiger partial charge on any atom is 0.191 e. The Morgan fingerprint density at radius 2 is 1.95 bits per heavy atom. The molecule has 0 amide bonds. The molecule has 2 heterocycles. The molecule has 0 atom stereocenters. The molecule has 3 rings (SSSR count). The summed E-state index contributed by atoms with van der Waals surface area (Å²) in [6.07, 6.45) is 4.39. The minimum atomic E-state index is 0.617. The van der Waals surface area contributed by atoms with Crippen molar-refractivity contribution in [2.75, 3.05) is 44.3 Å². The number of guanidine groups is 1. The van der Waals surface area contributed by atoms with E-state index in [-0.39, 0.29) is 0 Å². The molecular formula is C16H22N4O. The number of ether oxygens (including phenoxy) is 1. The fourth-order valence-electron chi connectivity index (χ4n) is 2.61. The van der Waals surface area contributed by atoms with Gasteiger partial charge in [-0.25, -0.2) is 4.99 Å². The van der Waals surface area contributed by atoms with E-state index in [9.17, 15) is 0 Å². The Hall–Kier alpha value is -2.01. The number of morpholine rings is 1. The lowest BCUT2D eigenvalue weighted by molar-refractivity contribution is 0.0674. The smallest absolute Gasteiger partial charge is 0.191 e. The molecule has 1 fully saturated rings. The summed E-state index contributed by atoms with van der Waals surface area (Å²) in [6.45, 7) is 5.72. The Morgan fingerprint density at radius 3 is 2.71 bits per heavy atom. The number of rotatable bonds is 3. The summed E-state index contributed by atoms with van der Waals surface area (Å²) in [6, 6.07) is 8.53. The van der Waals surface area contributed by atoms with Gasteiger partial charge in [0, 0.05) is 31.9 Å². The highest BCUT2D eigenvalue weighted by molar-refractivity contribution is 5.78. The number of anilines is 1. The van der Waals surface area contributed by atoms with Gasteiger partial charge in [0.05, 0.1) is 19.8 Å². The maximum atomic E-state index is 6.06. The summed E-state index contributed by atoms with van der Waals surface area (Å²) >= 11 is 0. The molecule has 5 heteroatoms. The second-order valence-electron chi connectivity index (χ2n) is 5.32. The molecule has 112 valence electrons. The standard InChI is InChI=1S/C16H22N4O/c17-16(20-8-10-21-11-9-20)18-13-14-4-3-5-15(12-14)19-6-1-2-7-19/h1-5,12H,6-11,13H2,(H2,17,18). The molecule has 1 aromatic rings. The van der Waals surface area contributed by atoms with Gasteiger partial charge in [0.15, 0.2) is 5.96 Å². The predicted octanol–water partition coefficient (Wildman–Crippen LogP) is 1.21. The summed E-state index contributed by atoms with van der Waals surface area (Å²) in [7, 11) is 0. The van der Waals surface area contributed by atoms with Crippen molar-refractivity contribution in [2.45, 2.75) is 6.54 Å². The molecule has 1 saturated heterocycles. The fourth-order valence-corrected chi connectivity index (χ4v) is 2.61. The molecule has 2 N–H and O–H groups in total. The molecule has 0 radical (unpaired) electrons. The first-order valence-corrected chi connectivity index (χ1v) is 7.44. The van der Waals surface area contributed by atoms with Crippen LogP contribution >= 0.6 is 0 Å². The van der Waals surface area contributed by atoms with Crippen molar-refractivity contribution < 1.29 is 4.74 Å². The number of hydrogen-bond donors (Lipinski definition) is 1. The van der Waals surface area contributed by atoms with Crippen LogP contribution in [0, 0.1) is 0 Å². The van der Waals surface area contributed by atoms with Crippen LogP contribution in [0.25, 0.3) is 0 Å². The van der Waals surface area contributed by atoms with Crippen LogP contribution in [0.3, 0.4) is 0 Å². The van der Waals surface area contributed by atoms with Gasteiger partial charge in [0.1, 0.15) is 0 Å². The zero-order chi connectivity index (χ0) is 14.5. The second-order valence-corrected chi connectivity index (χ2v) is 5.32. The molecule has 0 aliphatic carbocycles. The average molecular weight is 286 g/mol. The van der Waals surface area contributed by atoms with Crippen molar-refractivity contribution in [3.63, 3.8) is 0 Å². The van der Waals surface area contributed by atoms with Crippen LogP contribution in [-0.4, -0.2) is 50.3 Å². The summed E-state index contributed by atoms with van der Waals surface area (Å²) in [4.78, 5) is 8.93. The van der Waals surface area contributed by atoms with Crippen LogP contribution in [0.5, 0.6) is 0 Å². The first-order chi connectivity index (χ1) is 10.3. The van der Waals surface area contributed by atoms with Gasteiger partial charge in [-0.1, -0.05) is 24.3 Å². The molecule has 0 unspecified atom stereocenters. The lowest BCUT2D eigenvalue weighted by Crippen LogP contribution is -2.44. The summed E-state index contributed by atoms with van der Waals surface area (Å²) in [5.41, 5.74) is 8.49. The normalized spacial score (nSPS) is 19.3. The molecule has 0 spiro atoms. The predicted molar refractivity (Wildman–Crippen MR) is 85.5 cm³/mol. The van der Waals surface area contributed by atoms with Crippen LogP contribution in [0.2, 0.25) is 0 Å². The zero-order valence-corrected chi connectivity index (χ0v) is 12.2. The largest absolute Gasteiger partial charge is 0.378 e. The Bertz CT molecular complexity index is 527.